The van der Waals surface area contributed by atoms with Gasteiger partial charge in [-0.15, -0.1) is 0 Å². The molecule has 1 unspecified atom stereocenters. The highest BCUT2D eigenvalue weighted by atomic mass is 35.5. The minimum atomic E-state index is -1.19. The van der Waals surface area contributed by atoms with Gasteiger partial charge in [-0.3, -0.25) is 4.79 Å². The van der Waals surface area contributed by atoms with Gasteiger partial charge in [0.15, 0.2) is 5.43 Å². The first-order valence-corrected chi connectivity index (χ1v) is 10.8. The molecule has 0 bridgehead atoms. The van der Waals surface area contributed by atoms with Crippen LogP contribution in [0.1, 0.15) is 66.4 Å². The highest BCUT2D eigenvalue weighted by molar-refractivity contribution is 6.32. The average Bonchev–Trinajstić information content (AvgIpc) is 2.97. The van der Waals surface area contributed by atoms with Crippen LogP contribution >= 0.6 is 11.6 Å². The van der Waals surface area contributed by atoms with Gasteiger partial charge in [0.25, 0.3) is 0 Å². The number of methoxy groups -OCH3 is 1. The Morgan fingerprint density at radius 2 is 2.00 bits per heavy atom. The van der Waals surface area contributed by atoms with Crippen LogP contribution < -0.4 is 10.2 Å². The normalized spacial score (nSPS) is 19.9. The lowest BCUT2D eigenvalue weighted by Gasteiger charge is -2.37. The van der Waals surface area contributed by atoms with Gasteiger partial charge < -0.3 is 19.1 Å². The first kappa shape index (κ1) is 20.9. The number of carbonyl (C=O) groups is 1. The predicted octanol–water partition coefficient (Wildman–Crippen LogP) is 4.88. The van der Waals surface area contributed by atoms with Gasteiger partial charge in [-0.2, -0.15) is 0 Å². The van der Waals surface area contributed by atoms with Crippen molar-refractivity contribution in [3.05, 3.63) is 50.8 Å². The fourth-order valence-corrected chi connectivity index (χ4v) is 5.00. The third-order valence-electron chi connectivity index (χ3n) is 6.18. The smallest absolute Gasteiger partial charge is 0.341 e. The molecule has 160 valence electrons. The van der Waals surface area contributed by atoms with Gasteiger partial charge in [0, 0.05) is 49.9 Å². The molecule has 7 heteroatoms. The van der Waals surface area contributed by atoms with Crippen molar-refractivity contribution in [2.24, 2.45) is 0 Å². The fourth-order valence-electron chi connectivity index (χ4n) is 4.78. The summed E-state index contributed by atoms with van der Waals surface area (Å²) in [6.07, 6.45) is 7.61. The number of aromatic carboxylic acids is 1. The summed E-state index contributed by atoms with van der Waals surface area (Å²) in [4.78, 5) is 24.0. The number of carboxylic acid groups (broad SMARTS) is 1. The second kappa shape index (κ2) is 8.82. The molecule has 1 fully saturated rings. The molecule has 0 saturated heterocycles. The Morgan fingerprint density at radius 1 is 1.20 bits per heavy atom. The van der Waals surface area contributed by atoms with E-state index in [0.29, 0.717) is 24.0 Å². The van der Waals surface area contributed by atoms with Crippen LogP contribution in [0, 0.1) is 0 Å². The zero-order chi connectivity index (χ0) is 21.3. The maximum atomic E-state index is 12.5. The molecular weight excluding hydrogens is 406 g/mol. The van der Waals surface area contributed by atoms with Gasteiger partial charge in [0.2, 0.25) is 0 Å². The Hall–Kier alpha value is -2.31. The van der Waals surface area contributed by atoms with E-state index in [1.807, 2.05) is 16.7 Å². The number of benzene rings is 1. The minimum absolute atomic E-state index is 0.121. The third-order valence-corrected chi connectivity index (χ3v) is 6.47. The molecule has 1 aromatic heterocycles. The molecule has 6 nitrogen and oxygen atoms in total. The van der Waals surface area contributed by atoms with Crippen molar-refractivity contribution in [1.29, 1.82) is 0 Å². The second-order valence-electron chi connectivity index (χ2n) is 8.03. The van der Waals surface area contributed by atoms with Crippen LogP contribution in [-0.2, 0) is 4.74 Å². The summed E-state index contributed by atoms with van der Waals surface area (Å²) >= 11 is 6.53. The van der Waals surface area contributed by atoms with E-state index in [9.17, 15) is 14.7 Å². The van der Waals surface area contributed by atoms with Crippen LogP contribution in [0.3, 0.4) is 0 Å². The Bertz CT molecular complexity index is 1020. The summed E-state index contributed by atoms with van der Waals surface area (Å²) in [7, 11) is 1.66. The van der Waals surface area contributed by atoms with Crippen LogP contribution in [0.15, 0.2) is 29.2 Å². The lowest BCUT2D eigenvalue weighted by atomic mass is 9.80. The first-order chi connectivity index (χ1) is 14.5. The topological polar surface area (TPSA) is 77.8 Å². The maximum Gasteiger partial charge on any atom is 0.341 e. The Labute approximate surface area is 180 Å². The van der Waals surface area contributed by atoms with E-state index in [1.54, 1.807) is 7.11 Å². The second-order valence-corrected chi connectivity index (χ2v) is 8.43. The molecule has 1 aliphatic heterocycles. The number of pyridine rings is 1. The van der Waals surface area contributed by atoms with Gasteiger partial charge in [-0.05, 0) is 30.5 Å². The molecule has 0 amide bonds. The molecule has 4 rings (SSSR count). The maximum absolute atomic E-state index is 12.5. The Balaban J connectivity index is 1.83. The monoisotopic (exact) mass is 431 g/mol. The minimum Gasteiger partial charge on any atom is -0.492 e. The summed E-state index contributed by atoms with van der Waals surface area (Å²) in [5.74, 6) is -0.311. The van der Waals surface area contributed by atoms with Crippen LogP contribution in [0.5, 0.6) is 5.75 Å². The fraction of sp³-hybridized carbons (Fsp3) is 0.478. The SMILES string of the molecule is COCCCOc1cc2c(cc1Cl)-c1cc(=O)c(C(=O)O)cn1[C@H]1CCCCCC21. The number of hydrogen-bond donors (Lipinski definition) is 1. The number of nitrogens with zero attached hydrogens (tertiary/aromatic N) is 1. The number of hydrogen-bond acceptors (Lipinski definition) is 4. The number of halogens is 1. The molecule has 1 saturated carbocycles. The molecule has 1 aliphatic carbocycles. The zero-order valence-corrected chi connectivity index (χ0v) is 17.8. The van der Waals surface area contributed by atoms with Crippen LogP contribution in [0.2, 0.25) is 5.02 Å². The number of rotatable bonds is 6. The summed E-state index contributed by atoms with van der Waals surface area (Å²) in [6.45, 7) is 1.13. The van der Waals surface area contributed by atoms with Crippen molar-refractivity contribution in [2.45, 2.75) is 50.5 Å². The van der Waals surface area contributed by atoms with E-state index < -0.39 is 11.4 Å². The third kappa shape index (κ3) is 3.86. The molecular formula is C23H26ClNO5. The molecule has 2 heterocycles. The molecule has 0 radical (unpaired) electrons. The number of fused-ring (bicyclic) bond motifs is 6. The quantitative estimate of drug-likeness (QED) is 0.659. The molecule has 1 N–H and O–H groups in total. The van der Waals surface area contributed by atoms with E-state index in [-0.39, 0.29) is 17.5 Å². The van der Waals surface area contributed by atoms with Crippen molar-refractivity contribution in [3.8, 4) is 17.0 Å². The Morgan fingerprint density at radius 3 is 2.77 bits per heavy atom. The highest BCUT2D eigenvalue weighted by Crippen LogP contribution is 2.50. The van der Waals surface area contributed by atoms with Crippen molar-refractivity contribution >= 4 is 17.6 Å². The Kier molecular flexibility index (Phi) is 6.16. The van der Waals surface area contributed by atoms with E-state index in [4.69, 9.17) is 21.1 Å². The van der Waals surface area contributed by atoms with Gasteiger partial charge in [0.05, 0.1) is 17.3 Å². The summed E-state index contributed by atoms with van der Waals surface area (Å²) < 4.78 is 13.0. The van der Waals surface area contributed by atoms with Crippen molar-refractivity contribution in [3.63, 3.8) is 0 Å². The molecule has 2 aliphatic rings. The molecule has 0 spiro atoms. The standard InChI is InChI=1S/C23H26ClNO5/c1-29-8-5-9-30-22-11-15-14-6-3-2-4-7-19(14)25-13-17(23(27)28)21(26)12-20(25)16(15)10-18(22)24/h10-14,19H,2-9H2,1H3,(H,27,28)/t14?,19-/m0/s1. The van der Waals surface area contributed by atoms with Crippen LogP contribution in [0.4, 0.5) is 0 Å². The van der Waals surface area contributed by atoms with Gasteiger partial charge in [-0.25, -0.2) is 4.79 Å². The summed E-state index contributed by atoms with van der Waals surface area (Å²) in [6, 6.07) is 5.44. The summed E-state index contributed by atoms with van der Waals surface area (Å²) in [5.41, 5.74) is 2.09. The first-order valence-electron chi connectivity index (χ1n) is 10.5. The number of aromatic nitrogens is 1. The van der Waals surface area contributed by atoms with Crippen molar-refractivity contribution < 1.29 is 19.4 Å². The van der Waals surface area contributed by atoms with Crippen LogP contribution in [-0.4, -0.2) is 36.0 Å². The van der Waals surface area contributed by atoms with Gasteiger partial charge >= 0.3 is 5.97 Å². The lowest BCUT2D eigenvalue weighted by Crippen LogP contribution is -2.28. The largest absolute Gasteiger partial charge is 0.492 e. The van der Waals surface area contributed by atoms with E-state index in [2.05, 4.69) is 0 Å². The van der Waals surface area contributed by atoms with Gasteiger partial charge in [0.1, 0.15) is 11.3 Å². The number of carboxylic acids is 1. The lowest BCUT2D eigenvalue weighted by molar-refractivity contribution is 0.0694. The molecule has 1 aromatic carbocycles. The molecule has 30 heavy (non-hydrogen) atoms. The molecule has 2 aromatic rings. The molecule has 2 atom stereocenters. The number of ether oxygens (including phenoxy) is 2. The summed E-state index contributed by atoms with van der Waals surface area (Å²) in [5, 5.41) is 9.94. The van der Waals surface area contributed by atoms with E-state index in [0.717, 1.165) is 55.3 Å². The predicted molar refractivity (Wildman–Crippen MR) is 115 cm³/mol. The average molecular weight is 432 g/mol. The van der Waals surface area contributed by atoms with Crippen molar-refractivity contribution in [1.82, 2.24) is 4.57 Å². The highest BCUT2D eigenvalue weighted by Gasteiger charge is 2.35. The van der Waals surface area contributed by atoms with E-state index in [1.165, 1.54) is 12.3 Å². The zero-order valence-electron chi connectivity index (χ0n) is 17.0. The van der Waals surface area contributed by atoms with Crippen molar-refractivity contribution in [2.75, 3.05) is 20.3 Å². The van der Waals surface area contributed by atoms with E-state index >= 15 is 0 Å². The van der Waals surface area contributed by atoms with Gasteiger partial charge in [-0.1, -0.05) is 30.9 Å². The van der Waals surface area contributed by atoms with Crippen LogP contribution in [0.25, 0.3) is 11.3 Å².